The molecule has 5 heterocycles. The number of nitrogens with one attached hydrogen (secondary N) is 2. The molecule has 0 aromatic carbocycles. The molecule has 43 heavy (non-hydrogen) atoms. The van der Waals surface area contributed by atoms with Crippen molar-refractivity contribution in [2.45, 2.75) is 65.2 Å². The van der Waals surface area contributed by atoms with Gasteiger partial charge in [0.1, 0.15) is 5.92 Å². The van der Waals surface area contributed by atoms with Gasteiger partial charge in [-0.25, -0.2) is 4.98 Å². The minimum absolute atomic E-state index is 0.0676. The van der Waals surface area contributed by atoms with Crippen molar-refractivity contribution in [1.82, 2.24) is 19.9 Å². The Morgan fingerprint density at radius 2 is 1.79 bits per heavy atom. The minimum atomic E-state index is -1.18. The quantitative estimate of drug-likeness (QED) is 0.222. The van der Waals surface area contributed by atoms with Crippen LogP contribution in [0, 0.1) is 13.8 Å². The molecule has 0 saturated carbocycles. The van der Waals surface area contributed by atoms with Crippen molar-refractivity contribution in [3.63, 3.8) is 0 Å². The molecule has 9 heteroatoms. The van der Waals surface area contributed by atoms with Gasteiger partial charge in [-0.3, -0.25) is 19.4 Å². The number of carboxylic acids is 1. The van der Waals surface area contributed by atoms with Crippen molar-refractivity contribution >= 4 is 57.0 Å². The summed E-state index contributed by atoms with van der Waals surface area (Å²) in [5.41, 5.74) is 11.7. The number of H-pyrrole nitrogens is 2. The Balaban J connectivity index is 1.79. The highest BCUT2D eigenvalue weighted by atomic mass is 16.5. The summed E-state index contributed by atoms with van der Waals surface area (Å²) in [5, 5.41) is 9.51. The number of carbonyl (C=O) groups excluding carboxylic acids is 2. The third-order valence-corrected chi connectivity index (χ3v) is 9.07. The molecule has 0 unspecified atom stereocenters. The van der Waals surface area contributed by atoms with Crippen LogP contribution in [0.3, 0.4) is 0 Å². The zero-order chi connectivity index (χ0) is 30.7. The summed E-state index contributed by atoms with van der Waals surface area (Å²) in [4.78, 5) is 55.6. The molecule has 3 aliphatic rings. The second-order valence-corrected chi connectivity index (χ2v) is 11.4. The summed E-state index contributed by atoms with van der Waals surface area (Å²) >= 11 is 0. The number of carbonyl (C=O) groups is 3. The number of hydrogen-bond acceptors (Lipinski definition) is 6. The van der Waals surface area contributed by atoms with Crippen LogP contribution in [0.5, 0.6) is 0 Å². The number of aryl methyl sites for hydroxylation is 2. The van der Waals surface area contributed by atoms with Gasteiger partial charge in [-0.15, -0.1) is 0 Å². The summed E-state index contributed by atoms with van der Waals surface area (Å²) in [5.74, 6) is -3.41. The first kappa shape index (κ1) is 28.3. The number of aromatic nitrogens is 4. The van der Waals surface area contributed by atoms with Gasteiger partial charge in [-0.05, 0) is 80.5 Å². The minimum Gasteiger partial charge on any atom is -0.481 e. The molecule has 2 atom stereocenters. The summed E-state index contributed by atoms with van der Waals surface area (Å²) in [6.45, 7) is 12.1. The maximum Gasteiger partial charge on any atom is 0.321 e. The van der Waals surface area contributed by atoms with E-state index in [1.54, 1.807) is 0 Å². The van der Waals surface area contributed by atoms with Crippen LogP contribution in [0.4, 0.5) is 0 Å². The van der Waals surface area contributed by atoms with Crippen molar-refractivity contribution in [3.05, 3.63) is 75.4 Å². The van der Waals surface area contributed by atoms with Crippen molar-refractivity contribution in [2.24, 2.45) is 0 Å². The molecule has 9 nitrogen and oxygen atoms in total. The molecule has 1 aliphatic carbocycles. The molecular weight excluding hydrogens is 544 g/mol. The van der Waals surface area contributed by atoms with Crippen molar-refractivity contribution in [2.75, 3.05) is 7.11 Å². The number of Topliss-reactive ketones (excluding diaryl/α,β-unsaturated/α-hetero) is 1. The number of aromatic amines is 2. The Morgan fingerprint density at radius 1 is 1.07 bits per heavy atom. The van der Waals surface area contributed by atoms with E-state index in [0.717, 1.165) is 67.9 Å². The van der Waals surface area contributed by atoms with Crippen molar-refractivity contribution in [3.8, 4) is 0 Å². The average molecular weight is 579 g/mol. The summed E-state index contributed by atoms with van der Waals surface area (Å²) in [6.07, 6.45) is 3.31. The fraction of sp³-hybridized carbons (Fsp3) is 0.324. The molecule has 6 rings (SSSR count). The van der Waals surface area contributed by atoms with E-state index in [4.69, 9.17) is 14.7 Å². The first-order valence-electron chi connectivity index (χ1n) is 14.5. The lowest BCUT2D eigenvalue weighted by molar-refractivity contribution is -0.141. The molecule has 3 N–H and O–H groups in total. The number of rotatable bonds is 6. The van der Waals surface area contributed by atoms with Crippen LogP contribution in [0.1, 0.15) is 100 Å². The molecule has 3 aromatic heterocycles. The largest absolute Gasteiger partial charge is 0.481 e. The van der Waals surface area contributed by atoms with E-state index in [9.17, 15) is 19.5 Å². The SMILES string of the molecule is C=Cc1c(C)c2cc3nc(c4c5[nH]c(cc6nc(cc1[nH]2)C(C)=C6CC)c(C)c5C(=O)[C@@H]4C(=O)OC)[C@@H](CCC(=O)O)C3. The molecule has 0 amide bonds. The highest BCUT2D eigenvalue weighted by Gasteiger charge is 2.44. The molecule has 0 spiro atoms. The van der Waals surface area contributed by atoms with Crippen LogP contribution in [-0.2, 0) is 20.7 Å². The maximum absolute atomic E-state index is 13.9. The fourth-order valence-corrected chi connectivity index (χ4v) is 6.80. The predicted molar refractivity (Wildman–Crippen MR) is 166 cm³/mol. The van der Waals surface area contributed by atoms with Gasteiger partial charge in [-0.1, -0.05) is 19.6 Å². The van der Waals surface area contributed by atoms with Gasteiger partial charge >= 0.3 is 11.9 Å². The third kappa shape index (κ3) is 4.42. The number of fused-ring (bicyclic) bond motifs is 8. The first-order chi connectivity index (χ1) is 20.6. The average Bonchev–Trinajstić information content (AvgIpc) is 3.73. The van der Waals surface area contributed by atoms with Gasteiger partial charge in [-0.2, -0.15) is 0 Å². The topological polar surface area (TPSA) is 138 Å². The summed E-state index contributed by atoms with van der Waals surface area (Å²) < 4.78 is 5.11. The van der Waals surface area contributed by atoms with E-state index < -0.39 is 17.9 Å². The lowest BCUT2D eigenvalue weighted by atomic mass is 9.89. The Labute approximate surface area is 248 Å². The highest BCUT2D eigenvalue weighted by molar-refractivity contribution is 6.23. The van der Waals surface area contributed by atoms with E-state index in [1.807, 2.05) is 38.1 Å². The molecule has 220 valence electrons. The molecule has 2 aliphatic heterocycles. The molecule has 8 bridgehead atoms. The second-order valence-electron chi connectivity index (χ2n) is 11.4. The highest BCUT2D eigenvalue weighted by Crippen LogP contribution is 2.44. The second kappa shape index (κ2) is 10.5. The number of ether oxygens (including phenoxy) is 1. The van der Waals surface area contributed by atoms with Crippen LogP contribution >= 0.6 is 0 Å². The number of carboxylic acid groups (broad SMARTS) is 1. The van der Waals surface area contributed by atoms with Crippen LogP contribution in [0.25, 0.3) is 39.3 Å². The fourth-order valence-electron chi connectivity index (χ4n) is 6.80. The number of methoxy groups -OCH3 is 1. The van der Waals surface area contributed by atoms with E-state index in [1.165, 1.54) is 7.11 Å². The third-order valence-electron chi connectivity index (χ3n) is 9.07. The smallest absolute Gasteiger partial charge is 0.321 e. The lowest BCUT2D eigenvalue weighted by Crippen LogP contribution is -2.21. The number of hydrogen-bond donors (Lipinski definition) is 3. The van der Waals surface area contributed by atoms with Gasteiger partial charge in [0.15, 0.2) is 5.78 Å². The van der Waals surface area contributed by atoms with Gasteiger partial charge in [0.05, 0.1) is 29.7 Å². The lowest BCUT2D eigenvalue weighted by Gasteiger charge is -2.14. The summed E-state index contributed by atoms with van der Waals surface area (Å²) in [7, 11) is 1.27. The number of aliphatic carboxylic acids is 1. The molecule has 0 radical (unpaired) electrons. The van der Waals surface area contributed by atoms with Gasteiger partial charge in [0, 0.05) is 51.3 Å². The number of esters is 1. The Morgan fingerprint density at radius 3 is 2.47 bits per heavy atom. The van der Waals surface area contributed by atoms with E-state index in [2.05, 4.69) is 30.4 Å². The van der Waals surface area contributed by atoms with E-state index in [0.29, 0.717) is 35.2 Å². The van der Waals surface area contributed by atoms with Crippen molar-refractivity contribution in [1.29, 1.82) is 0 Å². The number of ketones is 1. The van der Waals surface area contributed by atoms with E-state index in [-0.39, 0.29) is 18.1 Å². The predicted octanol–water partition coefficient (Wildman–Crippen LogP) is 6.56. The summed E-state index contributed by atoms with van der Waals surface area (Å²) in [6, 6.07) is 5.97. The van der Waals surface area contributed by atoms with Crippen LogP contribution < -0.4 is 0 Å². The van der Waals surface area contributed by atoms with Gasteiger partial charge in [0.2, 0.25) is 0 Å². The molecular formula is C34H34N4O5. The number of nitrogens with zero attached hydrogens (tertiary/aromatic N) is 2. The zero-order valence-electron chi connectivity index (χ0n) is 25.0. The molecule has 0 saturated heterocycles. The standard InChI is InChI=1S/C34H34N4O5/c1-7-20-15(3)22-12-19-11-18(9-10-27(39)40)31(35-19)29-30(34(42)43-6)33(41)28-17(5)24(38-32(28)29)14-26-21(8-2)16(4)23(37-26)13-25(20)36-22/h7,12-14,18,30,36,38H,1,8-11H2,2-6H3,(H,39,40)/t18-,30+/m0/s1. The Kier molecular flexibility index (Phi) is 6.91. The van der Waals surface area contributed by atoms with E-state index >= 15 is 0 Å². The first-order valence-corrected chi connectivity index (χ1v) is 14.5. The number of allylic oxidation sites excluding steroid dienone is 2. The van der Waals surface area contributed by atoms with Crippen molar-refractivity contribution < 1.29 is 24.2 Å². The monoisotopic (exact) mass is 578 g/mol. The molecule has 3 aromatic rings. The maximum atomic E-state index is 13.9. The van der Waals surface area contributed by atoms with Crippen LogP contribution in [0.2, 0.25) is 0 Å². The van der Waals surface area contributed by atoms with Gasteiger partial charge in [0.25, 0.3) is 0 Å². The normalized spacial score (nSPS) is 17.5. The van der Waals surface area contributed by atoms with Crippen LogP contribution in [0.15, 0.2) is 24.8 Å². The Hall–Kier alpha value is -4.79. The van der Waals surface area contributed by atoms with Gasteiger partial charge < -0.3 is 19.8 Å². The molecule has 0 fully saturated rings. The Bertz CT molecular complexity index is 1960. The van der Waals surface area contributed by atoms with Crippen LogP contribution in [-0.4, -0.2) is 49.9 Å². The zero-order valence-corrected chi connectivity index (χ0v) is 25.0.